The first kappa shape index (κ1) is 23.7. The van der Waals surface area contributed by atoms with E-state index < -0.39 is 10.0 Å². The monoisotopic (exact) mass is 495 g/mol. The molecule has 0 aliphatic heterocycles. The van der Waals surface area contributed by atoms with Crippen molar-refractivity contribution in [1.82, 2.24) is 4.57 Å². The molecule has 4 aromatic rings. The maximum absolute atomic E-state index is 12.9. The van der Waals surface area contributed by atoms with Gasteiger partial charge in [0.15, 0.2) is 4.80 Å². The molecule has 0 fully saturated rings. The number of thiazole rings is 1. The van der Waals surface area contributed by atoms with E-state index in [1.807, 2.05) is 19.1 Å². The van der Waals surface area contributed by atoms with Crippen LogP contribution in [-0.2, 0) is 23.0 Å². The van der Waals surface area contributed by atoms with E-state index in [0.717, 1.165) is 16.6 Å². The summed E-state index contributed by atoms with van der Waals surface area (Å²) < 4.78 is 36.0. The Labute approximate surface area is 202 Å². The Morgan fingerprint density at radius 2 is 1.74 bits per heavy atom. The van der Waals surface area contributed by atoms with Gasteiger partial charge in [-0.3, -0.25) is 9.52 Å². The Morgan fingerprint density at radius 1 is 1.03 bits per heavy atom. The van der Waals surface area contributed by atoms with E-state index >= 15 is 0 Å². The first-order valence-electron chi connectivity index (χ1n) is 10.8. The van der Waals surface area contributed by atoms with E-state index in [-0.39, 0.29) is 10.8 Å². The zero-order chi connectivity index (χ0) is 24.3. The van der Waals surface area contributed by atoms with Crippen molar-refractivity contribution in [2.24, 2.45) is 4.99 Å². The molecular formula is C25H25N3O4S2. The van der Waals surface area contributed by atoms with Crippen molar-refractivity contribution in [3.8, 4) is 5.75 Å². The highest BCUT2D eigenvalue weighted by Gasteiger charge is 2.15. The third kappa shape index (κ3) is 4.76. The van der Waals surface area contributed by atoms with Crippen molar-refractivity contribution in [2.45, 2.75) is 31.7 Å². The predicted octanol–water partition coefficient (Wildman–Crippen LogP) is 4.84. The number of nitrogens with one attached hydrogen (secondary N) is 1. The molecule has 0 aliphatic carbocycles. The molecule has 0 unspecified atom stereocenters. The second-order valence-corrected chi connectivity index (χ2v) is 10.2. The number of hydrogen-bond acceptors (Lipinski definition) is 5. The van der Waals surface area contributed by atoms with Crippen LogP contribution >= 0.6 is 11.3 Å². The summed E-state index contributed by atoms with van der Waals surface area (Å²) in [6.07, 6.45) is 0.898. The van der Waals surface area contributed by atoms with E-state index in [0.29, 0.717) is 28.3 Å². The number of ether oxygens (including phenoxy) is 1. The van der Waals surface area contributed by atoms with Crippen molar-refractivity contribution in [3.05, 3.63) is 82.7 Å². The molecule has 176 valence electrons. The smallest absolute Gasteiger partial charge is 0.279 e. The van der Waals surface area contributed by atoms with Gasteiger partial charge in [-0.25, -0.2) is 8.42 Å². The van der Waals surface area contributed by atoms with Crippen molar-refractivity contribution in [3.63, 3.8) is 0 Å². The number of benzene rings is 3. The molecule has 34 heavy (non-hydrogen) atoms. The largest absolute Gasteiger partial charge is 0.497 e. The van der Waals surface area contributed by atoms with Crippen molar-refractivity contribution < 1.29 is 17.9 Å². The molecule has 0 saturated carbocycles. The number of fused-ring (bicyclic) bond motifs is 1. The molecule has 1 amide bonds. The van der Waals surface area contributed by atoms with Gasteiger partial charge in [0.1, 0.15) is 5.75 Å². The van der Waals surface area contributed by atoms with E-state index in [9.17, 15) is 13.2 Å². The Morgan fingerprint density at radius 3 is 2.35 bits per heavy atom. The molecule has 0 saturated heterocycles. The summed E-state index contributed by atoms with van der Waals surface area (Å²) in [5, 5.41) is 0. The van der Waals surface area contributed by atoms with Gasteiger partial charge in [0.2, 0.25) is 0 Å². The summed E-state index contributed by atoms with van der Waals surface area (Å²) in [7, 11) is -2.25. The second-order valence-electron chi connectivity index (χ2n) is 7.52. The number of hydrogen-bond donors (Lipinski definition) is 1. The van der Waals surface area contributed by atoms with Crippen LogP contribution in [0, 0.1) is 0 Å². The lowest BCUT2D eigenvalue weighted by Crippen LogP contribution is -2.16. The number of nitrogens with zero attached hydrogens (tertiary/aromatic N) is 2. The summed E-state index contributed by atoms with van der Waals surface area (Å²) >= 11 is 1.49. The molecule has 0 radical (unpaired) electrons. The van der Waals surface area contributed by atoms with Crippen LogP contribution in [0.3, 0.4) is 0 Å². The van der Waals surface area contributed by atoms with Gasteiger partial charge in [-0.15, -0.1) is 0 Å². The van der Waals surface area contributed by atoms with E-state index in [1.165, 1.54) is 36.1 Å². The molecule has 0 aliphatic rings. The van der Waals surface area contributed by atoms with Gasteiger partial charge in [-0.2, -0.15) is 4.99 Å². The molecule has 9 heteroatoms. The van der Waals surface area contributed by atoms with Crippen LogP contribution < -0.4 is 14.3 Å². The van der Waals surface area contributed by atoms with Crippen molar-refractivity contribution in [1.29, 1.82) is 0 Å². The quantitative estimate of drug-likeness (QED) is 0.397. The Kier molecular flexibility index (Phi) is 6.85. The number of anilines is 1. The summed E-state index contributed by atoms with van der Waals surface area (Å²) in [5.74, 6) is 0.191. The number of para-hydroxylation sites is 1. The number of aryl methyl sites for hydroxylation is 2. The zero-order valence-electron chi connectivity index (χ0n) is 19.1. The fraction of sp³-hybridized carbons (Fsp3) is 0.200. The fourth-order valence-electron chi connectivity index (χ4n) is 3.67. The van der Waals surface area contributed by atoms with Crippen molar-refractivity contribution in [2.75, 3.05) is 11.8 Å². The van der Waals surface area contributed by atoms with Gasteiger partial charge >= 0.3 is 0 Å². The normalized spacial score (nSPS) is 12.1. The maximum Gasteiger partial charge on any atom is 0.279 e. The van der Waals surface area contributed by atoms with Crippen LogP contribution in [0.5, 0.6) is 5.75 Å². The Bertz CT molecular complexity index is 1500. The van der Waals surface area contributed by atoms with Crippen molar-refractivity contribution >= 4 is 43.2 Å². The van der Waals surface area contributed by atoms with Gasteiger partial charge in [-0.05, 0) is 73.5 Å². The van der Waals surface area contributed by atoms with Crippen LogP contribution in [0.25, 0.3) is 10.2 Å². The molecule has 1 heterocycles. The summed E-state index contributed by atoms with van der Waals surface area (Å²) in [4.78, 5) is 18.0. The third-order valence-electron chi connectivity index (χ3n) is 5.43. The van der Waals surface area contributed by atoms with Crippen LogP contribution in [0.2, 0.25) is 0 Å². The van der Waals surface area contributed by atoms with E-state index in [2.05, 4.69) is 27.3 Å². The molecule has 0 bridgehead atoms. The minimum absolute atomic E-state index is 0.115. The zero-order valence-corrected chi connectivity index (χ0v) is 20.7. The van der Waals surface area contributed by atoms with Gasteiger partial charge in [0.05, 0.1) is 22.2 Å². The standard InChI is InChI=1S/C25H25N3O4S2/c1-4-17-7-6-8-22-23(17)28(5-2)25(33-22)26-24(29)18-9-11-19(12-10-18)27-34(30,31)21-15-13-20(32-3)14-16-21/h6-16,27H,4-5H2,1-3H3. The maximum atomic E-state index is 12.9. The van der Waals surface area contributed by atoms with Crippen LogP contribution in [0.4, 0.5) is 5.69 Å². The number of amides is 1. The number of carbonyl (C=O) groups excluding carboxylic acids is 1. The van der Waals surface area contributed by atoms with Gasteiger partial charge in [-0.1, -0.05) is 30.4 Å². The highest BCUT2D eigenvalue weighted by atomic mass is 32.2. The van der Waals surface area contributed by atoms with Crippen LogP contribution in [0.15, 0.2) is 76.6 Å². The minimum atomic E-state index is -3.77. The highest BCUT2D eigenvalue weighted by Crippen LogP contribution is 2.23. The van der Waals surface area contributed by atoms with Crippen LogP contribution in [-0.4, -0.2) is 26.0 Å². The lowest BCUT2D eigenvalue weighted by Gasteiger charge is -2.09. The number of methoxy groups -OCH3 is 1. The number of carbonyl (C=O) groups is 1. The molecule has 1 N–H and O–H groups in total. The molecule has 3 aromatic carbocycles. The number of sulfonamides is 1. The first-order chi connectivity index (χ1) is 16.4. The third-order valence-corrected chi connectivity index (χ3v) is 7.87. The topological polar surface area (TPSA) is 89.8 Å². The minimum Gasteiger partial charge on any atom is -0.497 e. The lowest BCUT2D eigenvalue weighted by atomic mass is 10.1. The SMILES string of the molecule is CCc1cccc2sc(=NC(=O)c3ccc(NS(=O)(=O)c4ccc(OC)cc4)cc3)n(CC)c12. The Balaban J connectivity index is 1.59. The highest BCUT2D eigenvalue weighted by molar-refractivity contribution is 7.92. The van der Waals surface area contributed by atoms with Gasteiger partial charge in [0.25, 0.3) is 15.9 Å². The average Bonchev–Trinajstić information content (AvgIpc) is 3.21. The molecular weight excluding hydrogens is 470 g/mol. The predicted molar refractivity (Wildman–Crippen MR) is 135 cm³/mol. The Hall–Kier alpha value is -3.43. The van der Waals surface area contributed by atoms with Gasteiger partial charge < -0.3 is 9.30 Å². The molecule has 0 atom stereocenters. The fourth-order valence-corrected chi connectivity index (χ4v) is 5.87. The average molecular weight is 496 g/mol. The number of rotatable bonds is 7. The summed E-state index contributed by atoms with van der Waals surface area (Å²) in [6, 6.07) is 18.5. The van der Waals surface area contributed by atoms with E-state index in [1.54, 1.807) is 36.4 Å². The van der Waals surface area contributed by atoms with Gasteiger partial charge in [0, 0.05) is 17.8 Å². The molecule has 1 aromatic heterocycles. The molecule has 0 spiro atoms. The lowest BCUT2D eigenvalue weighted by molar-refractivity contribution is 0.0998. The number of aromatic nitrogens is 1. The molecule has 7 nitrogen and oxygen atoms in total. The first-order valence-corrected chi connectivity index (χ1v) is 13.1. The summed E-state index contributed by atoms with van der Waals surface area (Å²) in [5.41, 5.74) is 3.07. The van der Waals surface area contributed by atoms with Crippen LogP contribution in [0.1, 0.15) is 29.8 Å². The summed E-state index contributed by atoms with van der Waals surface area (Å²) in [6.45, 7) is 4.85. The molecule has 4 rings (SSSR count). The van der Waals surface area contributed by atoms with E-state index in [4.69, 9.17) is 4.74 Å². The second kappa shape index (κ2) is 9.82.